The predicted octanol–water partition coefficient (Wildman–Crippen LogP) is 1.28. The van der Waals surface area contributed by atoms with E-state index in [0.29, 0.717) is 37.3 Å². The first kappa shape index (κ1) is 17.8. The fourth-order valence-corrected chi connectivity index (χ4v) is 1.66. The van der Waals surface area contributed by atoms with Crippen LogP contribution >= 0.6 is 0 Å². The van der Waals surface area contributed by atoms with Crippen molar-refractivity contribution < 1.29 is 28.6 Å². The highest BCUT2D eigenvalue weighted by molar-refractivity contribution is 5.72. The van der Waals surface area contributed by atoms with Crippen LogP contribution in [0.4, 0.5) is 4.79 Å². The SMILES string of the molecule is Cc1occc1OCCOC(=O)NCCCC[C@H](N)C(=O)O. The van der Waals surface area contributed by atoms with Crippen molar-refractivity contribution in [3.8, 4) is 5.75 Å². The number of rotatable bonds is 10. The number of hydrogen-bond donors (Lipinski definition) is 3. The Kier molecular flexibility index (Phi) is 7.84. The molecule has 1 rings (SSSR count). The van der Waals surface area contributed by atoms with Gasteiger partial charge in [-0.05, 0) is 26.2 Å². The van der Waals surface area contributed by atoms with E-state index >= 15 is 0 Å². The van der Waals surface area contributed by atoms with E-state index in [1.165, 1.54) is 6.26 Å². The number of aliphatic carboxylic acids is 1. The number of carbonyl (C=O) groups is 2. The van der Waals surface area contributed by atoms with Crippen LogP contribution in [0.25, 0.3) is 0 Å². The minimum atomic E-state index is -1.01. The summed E-state index contributed by atoms with van der Waals surface area (Å²) in [6, 6.07) is 0.840. The number of furan rings is 1. The van der Waals surface area contributed by atoms with Crippen LogP contribution in [-0.2, 0) is 9.53 Å². The Labute approximate surface area is 128 Å². The molecule has 1 heterocycles. The predicted molar refractivity (Wildman–Crippen MR) is 77.8 cm³/mol. The van der Waals surface area contributed by atoms with E-state index in [4.69, 9.17) is 24.7 Å². The van der Waals surface area contributed by atoms with Gasteiger partial charge in [-0.25, -0.2) is 4.79 Å². The molecule has 1 atom stereocenters. The number of alkyl carbamates (subject to hydrolysis) is 1. The second-order valence-electron chi connectivity index (χ2n) is 4.69. The molecule has 1 aromatic rings. The number of carboxylic acids is 1. The maximum Gasteiger partial charge on any atom is 0.407 e. The van der Waals surface area contributed by atoms with Gasteiger partial charge in [0.15, 0.2) is 5.75 Å². The minimum absolute atomic E-state index is 0.125. The van der Waals surface area contributed by atoms with Gasteiger partial charge in [-0.15, -0.1) is 0 Å². The van der Waals surface area contributed by atoms with Crippen LogP contribution in [0.5, 0.6) is 5.75 Å². The first-order valence-corrected chi connectivity index (χ1v) is 7.06. The number of carbonyl (C=O) groups excluding carboxylic acids is 1. The zero-order chi connectivity index (χ0) is 16.4. The number of nitrogens with one attached hydrogen (secondary N) is 1. The summed E-state index contributed by atoms with van der Waals surface area (Å²) in [4.78, 5) is 21.8. The minimum Gasteiger partial charge on any atom is -0.486 e. The van der Waals surface area contributed by atoms with E-state index < -0.39 is 18.1 Å². The lowest BCUT2D eigenvalue weighted by atomic mass is 10.1. The number of carboxylic acid groups (broad SMARTS) is 1. The first-order valence-electron chi connectivity index (χ1n) is 7.06. The number of unbranched alkanes of at least 4 members (excludes halogenated alkanes) is 1. The molecule has 22 heavy (non-hydrogen) atoms. The fraction of sp³-hybridized carbons (Fsp3) is 0.571. The summed E-state index contributed by atoms with van der Waals surface area (Å²) in [6.45, 7) is 2.55. The number of ether oxygens (including phenoxy) is 2. The molecule has 0 saturated carbocycles. The standard InChI is InChI=1S/C14H22N2O6/c1-10-12(5-7-20-10)21-8-9-22-14(19)16-6-3-2-4-11(15)13(17)18/h5,7,11H,2-4,6,8-9,15H2,1H3,(H,16,19)(H,17,18)/t11-/m0/s1. The fourth-order valence-electron chi connectivity index (χ4n) is 1.66. The molecule has 0 aliphatic rings. The molecule has 1 amide bonds. The zero-order valence-electron chi connectivity index (χ0n) is 12.5. The van der Waals surface area contributed by atoms with Gasteiger partial charge < -0.3 is 30.0 Å². The Morgan fingerprint density at radius 1 is 1.41 bits per heavy atom. The summed E-state index contributed by atoms with van der Waals surface area (Å²) < 4.78 is 15.3. The molecule has 0 unspecified atom stereocenters. The first-order chi connectivity index (χ1) is 10.5. The highest BCUT2D eigenvalue weighted by atomic mass is 16.6. The molecule has 8 nitrogen and oxygen atoms in total. The van der Waals surface area contributed by atoms with Crippen molar-refractivity contribution in [2.24, 2.45) is 5.73 Å². The number of amides is 1. The molecule has 0 radical (unpaired) electrons. The Morgan fingerprint density at radius 2 is 2.18 bits per heavy atom. The average Bonchev–Trinajstić information content (AvgIpc) is 2.88. The molecular formula is C14H22N2O6. The Balaban J connectivity index is 1.98. The van der Waals surface area contributed by atoms with Crippen molar-refractivity contribution in [3.63, 3.8) is 0 Å². The van der Waals surface area contributed by atoms with Crippen LogP contribution < -0.4 is 15.8 Å². The normalized spacial score (nSPS) is 11.7. The summed E-state index contributed by atoms with van der Waals surface area (Å²) in [6.07, 6.45) is 2.63. The summed E-state index contributed by atoms with van der Waals surface area (Å²) in [5.74, 6) is 0.281. The maximum absolute atomic E-state index is 11.4. The van der Waals surface area contributed by atoms with E-state index in [2.05, 4.69) is 5.32 Å². The highest BCUT2D eigenvalue weighted by Crippen LogP contribution is 2.17. The molecule has 0 spiro atoms. The largest absolute Gasteiger partial charge is 0.486 e. The molecule has 8 heteroatoms. The third-order valence-electron chi connectivity index (χ3n) is 2.91. The van der Waals surface area contributed by atoms with Crippen molar-refractivity contribution in [3.05, 3.63) is 18.1 Å². The van der Waals surface area contributed by atoms with E-state index in [9.17, 15) is 9.59 Å². The van der Waals surface area contributed by atoms with Gasteiger partial charge in [0.25, 0.3) is 0 Å². The van der Waals surface area contributed by atoms with E-state index in [0.717, 1.165) is 0 Å². The van der Waals surface area contributed by atoms with Gasteiger partial charge in [0.1, 0.15) is 25.0 Å². The highest BCUT2D eigenvalue weighted by Gasteiger charge is 2.10. The lowest BCUT2D eigenvalue weighted by Gasteiger charge is -2.08. The second-order valence-corrected chi connectivity index (χ2v) is 4.69. The third kappa shape index (κ3) is 6.98. The van der Waals surface area contributed by atoms with E-state index in [-0.39, 0.29) is 13.2 Å². The molecule has 1 aromatic heterocycles. The summed E-state index contributed by atoms with van der Waals surface area (Å²) in [5.41, 5.74) is 5.36. The van der Waals surface area contributed by atoms with Crippen LogP contribution in [-0.4, -0.2) is 43.0 Å². The van der Waals surface area contributed by atoms with Gasteiger partial charge >= 0.3 is 12.1 Å². The molecule has 124 valence electrons. The maximum atomic E-state index is 11.4. The summed E-state index contributed by atoms with van der Waals surface area (Å²) in [5, 5.41) is 11.2. The Bertz CT molecular complexity index is 474. The summed E-state index contributed by atoms with van der Waals surface area (Å²) >= 11 is 0. The average molecular weight is 314 g/mol. The Morgan fingerprint density at radius 3 is 2.82 bits per heavy atom. The van der Waals surface area contributed by atoms with Crippen molar-refractivity contribution in [1.29, 1.82) is 0 Å². The van der Waals surface area contributed by atoms with Crippen molar-refractivity contribution in [2.75, 3.05) is 19.8 Å². The molecule has 0 aromatic carbocycles. The van der Waals surface area contributed by atoms with Gasteiger partial charge in [-0.3, -0.25) is 4.79 Å². The molecule has 0 aliphatic carbocycles. The van der Waals surface area contributed by atoms with Crippen LogP contribution in [0.15, 0.2) is 16.7 Å². The van der Waals surface area contributed by atoms with Crippen molar-refractivity contribution in [1.82, 2.24) is 5.32 Å². The van der Waals surface area contributed by atoms with E-state index in [1.807, 2.05) is 0 Å². The molecule has 0 fully saturated rings. The van der Waals surface area contributed by atoms with Gasteiger partial charge in [0, 0.05) is 12.6 Å². The lowest BCUT2D eigenvalue weighted by Crippen LogP contribution is -2.30. The molecule has 4 N–H and O–H groups in total. The molecule has 0 aliphatic heterocycles. The molecular weight excluding hydrogens is 292 g/mol. The smallest absolute Gasteiger partial charge is 0.407 e. The van der Waals surface area contributed by atoms with Crippen LogP contribution in [0, 0.1) is 6.92 Å². The quantitative estimate of drug-likeness (QED) is 0.555. The molecule has 0 bridgehead atoms. The summed E-state index contributed by atoms with van der Waals surface area (Å²) in [7, 11) is 0. The monoisotopic (exact) mass is 314 g/mol. The third-order valence-corrected chi connectivity index (χ3v) is 2.91. The van der Waals surface area contributed by atoms with Gasteiger partial charge in [-0.2, -0.15) is 0 Å². The van der Waals surface area contributed by atoms with Crippen LogP contribution in [0.1, 0.15) is 25.0 Å². The number of nitrogens with two attached hydrogens (primary N) is 1. The second kappa shape index (κ2) is 9.67. The molecule has 0 saturated heterocycles. The van der Waals surface area contributed by atoms with Gasteiger partial charge in [0.05, 0.1) is 6.26 Å². The van der Waals surface area contributed by atoms with Crippen molar-refractivity contribution >= 4 is 12.1 Å². The van der Waals surface area contributed by atoms with Crippen LogP contribution in [0.2, 0.25) is 0 Å². The van der Waals surface area contributed by atoms with E-state index in [1.54, 1.807) is 13.0 Å². The van der Waals surface area contributed by atoms with Crippen LogP contribution in [0.3, 0.4) is 0 Å². The lowest BCUT2D eigenvalue weighted by molar-refractivity contribution is -0.138. The van der Waals surface area contributed by atoms with Gasteiger partial charge in [-0.1, -0.05) is 0 Å². The number of aryl methyl sites for hydroxylation is 1. The topological polar surface area (TPSA) is 124 Å². The zero-order valence-corrected chi connectivity index (χ0v) is 12.5. The van der Waals surface area contributed by atoms with Gasteiger partial charge in [0.2, 0.25) is 0 Å². The number of hydrogen-bond acceptors (Lipinski definition) is 6. The van der Waals surface area contributed by atoms with Crippen molar-refractivity contribution in [2.45, 2.75) is 32.2 Å². The Hall–Kier alpha value is -2.22.